The summed E-state index contributed by atoms with van der Waals surface area (Å²) in [5.74, 6) is 1.18. The third-order valence-electron chi connectivity index (χ3n) is 2.77. The van der Waals surface area contributed by atoms with Gasteiger partial charge in [0.05, 0.1) is 19.3 Å². The number of ether oxygens (including phenoxy) is 1. The van der Waals surface area contributed by atoms with Crippen molar-refractivity contribution in [3.63, 3.8) is 0 Å². The number of hydrogen-bond acceptors (Lipinski definition) is 5. The Labute approximate surface area is 113 Å². The highest BCUT2D eigenvalue weighted by Gasteiger charge is 2.21. The molecule has 3 rings (SSSR count). The van der Waals surface area contributed by atoms with Gasteiger partial charge in [-0.1, -0.05) is 21.1 Å². The number of hydrogen-bond donors (Lipinski definition) is 1. The molecule has 1 aliphatic rings. The second kappa shape index (κ2) is 5.17. The van der Waals surface area contributed by atoms with Crippen LogP contribution >= 0.6 is 15.9 Å². The van der Waals surface area contributed by atoms with E-state index in [1.165, 1.54) is 0 Å². The van der Waals surface area contributed by atoms with E-state index >= 15 is 0 Å². The average Bonchev–Trinajstić information content (AvgIpc) is 2.90. The third kappa shape index (κ3) is 2.45. The van der Waals surface area contributed by atoms with Crippen molar-refractivity contribution in [1.29, 1.82) is 0 Å². The van der Waals surface area contributed by atoms with Crippen LogP contribution in [0.25, 0.3) is 11.5 Å². The molecule has 0 amide bonds. The maximum Gasteiger partial charge on any atom is 0.257 e. The first kappa shape index (κ1) is 11.8. The minimum absolute atomic E-state index is 0.0201. The zero-order valence-corrected chi connectivity index (χ0v) is 11.2. The van der Waals surface area contributed by atoms with Crippen LogP contribution in [0.2, 0.25) is 0 Å². The molecule has 1 atom stereocenters. The summed E-state index contributed by atoms with van der Waals surface area (Å²) < 4.78 is 11.7. The normalized spacial score (nSPS) is 19.9. The molecule has 1 fully saturated rings. The van der Waals surface area contributed by atoms with E-state index < -0.39 is 0 Å². The lowest BCUT2D eigenvalue weighted by atomic mass is 10.2. The molecule has 1 unspecified atom stereocenters. The molecule has 0 spiro atoms. The first-order valence-electron chi connectivity index (χ1n) is 5.73. The Hall–Kier alpha value is -1.24. The fourth-order valence-electron chi connectivity index (χ4n) is 1.82. The number of halogens is 1. The van der Waals surface area contributed by atoms with E-state index in [9.17, 15) is 0 Å². The van der Waals surface area contributed by atoms with Gasteiger partial charge in [-0.05, 0) is 24.3 Å². The number of morpholine rings is 1. The number of nitrogens with one attached hydrogen (secondary N) is 1. The fraction of sp³-hybridized carbons (Fsp3) is 0.333. The first-order valence-corrected chi connectivity index (χ1v) is 6.53. The average molecular weight is 310 g/mol. The quantitative estimate of drug-likeness (QED) is 0.921. The van der Waals surface area contributed by atoms with Gasteiger partial charge in [-0.2, -0.15) is 4.98 Å². The Morgan fingerprint density at radius 2 is 2.11 bits per heavy atom. The summed E-state index contributed by atoms with van der Waals surface area (Å²) in [4.78, 5) is 4.40. The van der Waals surface area contributed by atoms with Gasteiger partial charge in [0, 0.05) is 16.6 Å². The van der Waals surface area contributed by atoms with Crippen molar-refractivity contribution in [1.82, 2.24) is 15.5 Å². The highest BCUT2D eigenvalue weighted by Crippen LogP contribution is 2.22. The highest BCUT2D eigenvalue weighted by molar-refractivity contribution is 9.10. The predicted molar refractivity (Wildman–Crippen MR) is 69.0 cm³/mol. The monoisotopic (exact) mass is 309 g/mol. The summed E-state index contributed by atoms with van der Waals surface area (Å²) in [5, 5.41) is 7.29. The molecule has 0 aliphatic carbocycles. The van der Waals surface area contributed by atoms with E-state index in [-0.39, 0.29) is 6.04 Å². The molecule has 94 valence electrons. The van der Waals surface area contributed by atoms with Crippen LogP contribution in [0.15, 0.2) is 33.3 Å². The van der Waals surface area contributed by atoms with Crippen molar-refractivity contribution >= 4 is 15.9 Å². The van der Waals surface area contributed by atoms with Crippen LogP contribution in [0.1, 0.15) is 11.9 Å². The van der Waals surface area contributed by atoms with E-state index in [0.29, 0.717) is 18.3 Å². The second-order valence-electron chi connectivity index (χ2n) is 4.05. The van der Waals surface area contributed by atoms with Crippen LogP contribution in [0.3, 0.4) is 0 Å². The highest BCUT2D eigenvalue weighted by atomic mass is 79.9. The topological polar surface area (TPSA) is 60.2 Å². The molecule has 0 radical (unpaired) electrons. The maximum absolute atomic E-state index is 5.38. The van der Waals surface area contributed by atoms with Gasteiger partial charge in [0.1, 0.15) is 0 Å². The van der Waals surface area contributed by atoms with Gasteiger partial charge in [-0.3, -0.25) is 0 Å². The van der Waals surface area contributed by atoms with Crippen LogP contribution in [0.4, 0.5) is 0 Å². The Balaban J connectivity index is 1.82. The zero-order chi connectivity index (χ0) is 12.4. The Morgan fingerprint density at radius 3 is 2.83 bits per heavy atom. The van der Waals surface area contributed by atoms with Gasteiger partial charge in [-0.25, -0.2) is 0 Å². The van der Waals surface area contributed by atoms with Crippen LogP contribution < -0.4 is 5.32 Å². The second-order valence-corrected chi connectivity index (χ2v) is 4.96. The van der Waals surface area contributed by atoms with E-state index in [1.807, 2.05) is 24.3 Å². The first-order chi connectivity index (χ1) is 8.83. The molecule has 0 saturated carbocycles. The fourth-order valence-corrected chi connectivity index (χ4v) is 2.08. The summed E-state index contributed by atoms with van der Waals surface area (Å²) in [6, 6.07) is 7.78. The number of nitrogens with zero attached hydrogens (tertiary/aromatic N) is 2. The summed E-state index contributed by atoms with van der Waals surface area (Å²) in [7, 11) is 0. The Kier molecular flexibility index (Phi) is 3.40. The van der Waals surface area contributed by atoms with E-state index in [0.717, 1.165) is 23.2 Å². The van der Waals surface area contributed by atoms with Crippen LogP contribution in [-0.4, -0.2) is 29.9 Å². The van der Waals surface area contributed by atoms with E-state index in [2.05, 4.69) is 31.4 Å². The van der Waals surface area contributed by atoms with Gasteiger partial charge in [0.25, 0.3) is 5.89 Å². The van der Waals surface area contributed by atoms with Crippen LogP contribution in [-0.2, 0) is 4.74 Å². The summed E-state index contributed by atoms with van der Waals surface area (Å²) in [6.45, 7) is 2.13. The summed E-state index contributed by atoms with van der Waals surface area (Å²) in [6.07, 6.45) is 0. The van der Waals surface area contributed by atoms with Gasteiger partial charge in [-0.15, -0.1) is 0 Å². The minimum Gasteiger partial charge on any atom is -0.378 e. The molecule has 1 N–H and O–H groups in total. The maximum atomic E-state index is 5.38. The molecule has 1 aromatic heterocycles. The molecular formula is C12H12BrN3O2. The molecule has 6 heteroatoms. The van der Waals surface area contributed by atoms with Crippen molar-refractivity contribution in [3.05, 3.63) is 34.6 Å². The summed E-state index contributed by atoms with van der Waals surface area (Å²) >= 11 is 3.39. The molecule has 5 nitrogen and oxygen atoms in total. The minimum atomic E-state index is 0.0201. The molecule has 2 aromatic rings. The van der Waals surface area contributed by atoms with Gasteiger partial charge < -0.3 is 14.6 Å². The lowest BCUT2D eigenvalue weighted by molar-refractivity contribution is 0.0734. The molecule has 18 heavy (non-hydrogen) atoms. The Morgan fingerprint density at radius 1 is 1.28 bits per heavy atom. The number of rotatable bonds is 2. The predicted octanol–water partition coefficient (Wildman–Crippen LogP) is 2.16. The Bertz CT molecular complexity index is 520. The molecular weight excluding hydrogens is 298 g/mol. The van der Waals surface area contributed by atoms with Crippen molar-refractivity contribution in [3.8, 4) is 11.5 Å². The summed E-state index contributed by atoms with van der Waals surface area (Å²) in [5.41, 5.74) is 0.911. The standard InChI is InChI=1S/C12H12BrN3O2/c13-9-3-1-8(2-4-9)12-15-11(16-18-12)10-7-17-6-5-14-10/h1-4,10,14H,5-7H2. The SMILES string of the molecule is Brc1ccc(-c2nc(C3COCCN3)no2)cc1. The van der Waals surface area contributed by atoms with Gasteiger partial charge in [0.2, 0.25) is 0 Å². The zero-order valence-electron chi connectivity index (χ0n) is 9.60. The smallest absolute Gasteiger partial charge is 0.257 e. The molecule has 1 aromatic carbocycles. The largest absolute Gasteiger partial charge is 0.378 e. The lowest BCUT2D eigenvalue weighted by Gasteiger charge is -2.20. The number of aromatic nitrogens is 2. The van der Waals surface area contributed by atoms with Crippen molar-refractivity contribution < 1.29 is 9.26 Å². The van der Waals surface area contributed by atoms with Gasteiger partial charge in [0.15, 0.2) is 5.82 Å². The van der Waals surface area contributed by atoms with Crippen molar-refractivity contribution in [2.24, 2.45) is 0 Å². The van der Waals surface area contributed by atoms with Crippen molar-refractivity contribution in [2.75, 3.05) is 19.8 Å². The molecule has 0 bridgehead atoms. The number of benzene rings is 1. The third-order valence-corrected chi connectivity index (χ3v) is 3.29. The van der Waals surface area contributed by atoms with E-state index in [1.54, 1.807) is 0 Å². The molecule has 1 aliphatic heterocycles. The van der Waals surface area contributed by atoms with Crippen molar-refractivity contribution in [2.45, 2.75) is 6.04 Å². The lowest BCUT2D eigenvalue weighted by Crippen LogP contribution is -2.35. The molecule has 2 heterocycles. The molecule has 1 saturated heterocycles. The van der Waals surface area contributed by atoms with E-state index in [4.69, 9.17) is 9.26 Å². The van der Waals surface area contributed by atoms with Crippen LogP contribution in [0, 0.1) is 0 Å². The van der Waals surface area contributed by atoms with Gasteiger partial charge >= 0.3 is 0 Å². The van der Waals surface area contributed by atoms with Crippen LogP contribution in [0.5, 0.6) is 0 Å².